The SMILES string of the molecule is CN1NN=C(c2ccccc2)[N+]1(C1=NCCS1)c1ccccc1. The van der Waals surface area contributed by atoms with Gasteiger partial charge in [-0.3, -0.25) is 0 Å². The number of aliphatic imine (C=N–C) groups is 1. The topological polar surface area (TPSA) is 40.0 Å². The molecule has 0 fully saturated rings. The van der Waals surface area contributed by atoms with Crippen molar-refractivity contribution in [1.82, 2.24) is 15.2 Å². The summed E-state index contributed by atoms with van der Waals surface area (Å²) in [6.45, 7) is 0.850. The van der Waals surface area contributed by atoms with E-state index in [0.29, 0.717) is 4.59 Å². The Hall–Kier alpha value is -2.15. The van der Waals surface area contributed by atoms with Gasteiger partial charge in [-0.2, -0.15) is 5.53 Å². The maximum absolute atomic E-state index is 4.78. The van der Waals surface area contributed by atoms with Crippen LogP contribution in [0.2, 0.25) is 0 Å². The van der Waals surface area contributed by atoms with Crippen LogP contribution in [0.1, 0.15) is 5.56 Å². The maximum Gasteiger partial charge on any atom is 0.292 e. The third kappa shape index (κ3) is 2.18. The number of nitrogens with one attached hydrogen (secondary N) is 1. The third-order valence-corrected chi connectivity index (χ3v) is 5.10. The fourth-order valence-electron chi connectivity index (χ4n) is 3.03. The Labute approximate surface area is 139 Å². The molecule has 1 N–H and O–H groups in total. The number of hydrazine groups is 1. The molecule has 0 saturated heterocycles. The van der Waals surface area contributed by atoms with E-state index in [-0.39, 0.29) is 0 Å². The van der Waals surface area contributed by atoms with Crippen molar-refractivity contribution in [1.29, 1.82) is 0 Å². The van der Waals surface area contributed by atoms with Crippen LogP contribution in [-0.4, -0.2) is 35.5 Å². The minimum Gasteiger partial charge on any atom is -0.225 e. The van der Waals surface area contributed by atoms with Gasteiger partial charge < -0.3 is 0 Å². The first-order valence-corrected chi connectivity index (χ1v) is 8.58. The number of para-hydroxylation sites is 1. The monoisotopic (exact) mass is 324 g/mol. The first-order chi connectivity index (χ1) is 11.3. The second-order valence-electron chi connectivity index (χ2n) is 5.41. The van der Waals surface area contributed by atoms with Crippen LogP contribution in [0.5, 0.6) is 0 Å². The van der Waals surface area contributed by atoms with Gasteiger partial charge in [0.1, 0.15) is 0 Å². The van der Waals surface area contributed by atoms with Gasteiger partial charge in [-0.15, -0.1) is 5.10 Å². The highest BCUT2D eigenvalue weighted by Crippen LogP contribution is 2.36. The van der Waals surface area contributed by atoms with E-state index in [2.05, 4.69) is 47.0 Å². The lowest BCUT2D eigenvalue weighted by Crippen LogP contribution is -2.64. The summed E-state index contributed by atoms with van der Waals surface area (Å²) >= 11 is 1.80. The van der Waals surface area contributed by atoms with Crippen molar-refractivity contribution in [3.8, 4) is 0 Å². The number of hydrogen-bond acceptors (Lipinski definition) is 5. The summed E-state index contributed by atoms with van der Waals surface area (Å²) in [5.74, 6) is 1.95. The second kappa shape index (κ2) is 5.81. The minimum absolute atomic E-state index is 0.384. The quantitative estimate of drug-likeness (QED) is 0.864. The molecule has 1 atom stereocenters. The summed E-state index contributed by atoms with van der Waals surface area (Å²) in [7, 11) is 2.01. The second-order valence-corrected chi connectivity index (χ2v) is 6.47. The highest BCUT2D eigenvalue weighted by Gasteiger charge is 2.53. The van der Waals surface area contributed by atoms with Crippen LogP contribution in [0.25, 0.3) is 0 Å². The lowest BCUT2D eigenvalue weighted by molar-refractivity contribution is 0.119. The summed E-state index contributed by atoms with van der Waals surface area (Å²) in [5, 5.41) is 7.69. The molecule has 6 heteroatoms. The molecular formula is C17H18N5S+. The van der Waals surface area contributed by atoms with E-state index < -0.39 is 0 Å². The predicted molar refractivity (Wildman–Crippen MR) is 96.9 cm³/mol. The van der Waals surface area contributed by atoms with E-state index in [0.717, 1.165) is 34.6 Å². The predicted octanol–water partition coefficient (Wildman–Crippen LogP) is 2.82. The molecule has 4 rings (SSSR count). The molecule has 0 amide bonds. The summed E-state index contributed by atoms with van der Waals surface area (Å²) in [6.07, 6.45) is 0. The Bertz CT molecular complexity index is 759. The largest absolute Gasteiger partial charge is 0.292 e. The zero-order valence-corrected chi connectivity index (χ0v) is 13.7. The summed E-state index contributed by atoms with van der Waals surface area (Å²) in [5.41, 5.74) is 5.34. The normalized spacial score (nSPS) is 24.2. The smallest absolute Gasteiger partial charge is 0.225 e. The molecule has 0 saturated carbocycles. The van der Waals surface area contributed by atoms with E-state index in [1.165, 1.54) is 0 Å². The number of nitrogens with zero attached hydrogens (tertiary/aromatic N) is 4. The van der Waals surface area contributed by atoms with Gasteiger partial charge in [0.25, 0.3) is 11.0 Å². The average Bonchev–Trinajstić information content (AvgIpc) is 3.25. The maximum atomic E-state index is 4.78. The average molecular weight is 324 g/mol. The lowest BCUT2D eigenvalue weighted by Gasteiger charge is -2.35. The van der Waals surface area contributed by atoms with Gasteiger partial charge in [0, 0.05) is 17.9 Å². The molecule has 116 valence electrons. The van der Waals surface area contributed by atoms with Crippen molar-refractivity contribution in [3.05, 3.63) is 66.2 Å². The highest BCUT2D eigenvalue weighted by molar-refractivity contribution is 8.14. The van der Waals surface area contributed by atoms with Gasteiger partial charge >= 0.3 is 0 Å². The number of benzene rings is 2. The molecular weight excluding hydrogens is 306 g/mol. The third-order valence-electron chi connectivity index (χ3n) is 4.07. The number of hydrazone groups is 1. The fourth-order valence-corrected chi connectivity index (χ4v) is 4.08. The van der Waals surface area contributed by atoms with Gasteiger partial charge in [0.05, 0.1) is 19.2 Å². The molecule has 0 aliphatic carbocycles. The van der Waals surface area contributed by atoms with Gasteiger partial charge in [0.2, 0.25) is 0 Å². The van der Waals surface area contributed by atoms with Crippen molar-refractivity contribution in [3.63, 3.8) is 0 Å². The van der Waals surface area contributed by atoms with E-state index in [9.17, 15) is 0 Å². The molecule has 1 unspecified atom stereocenters. The molecule has 2 aromatic rings. The number of hydrogen-bond donors (Lipinski definition) is 1. The molecule has 0 spiro atoms. The Kier molecular flexibility index (Phi) is 3.65. The van der Waals surface area contributed by atoms with Gasteiger partial charge in [-0.1, -0.05) is 41.0 Å². The Morgan fingerprint density at radius 3 is 2.39 bits per heavy atom. The van der Waals surface area contributed by atoms with E-state index in [4.69, 9.17) is 4.99 Å². The Balaban J connectivity index is 1.95. The van der Waals surface area contributed by atoms with Crippen LogP contribution in [0, 0.1) is 0 Å². The fraction of sp³-hybridized carbons (Fsp3) is 0.176. The molecule has 2 aliphatic heterocycles. The molecule has 23 heavy (non-hydrogen) atoms. The number of amidine groups is 2. The zero-order valence-electron chi connectivity index (χ0n) is 12.9. The van der Waals surface area contributed by atoms with Crippen LogP contribution in [-0.2, 0) is 0 Å². The van der Waals surface area contributed by atoms with Crippen LogP contribution in [0.3, 0.4) is 0 Å². The van der Waals surface area contributed by atoms with Crippen LogP contribution in [0.4, 0.5) is 5.69 Å². The number of thioether (sulfide) groups is 1. The van der Waals surface area contributed by atoms with Gasteiger partial charge in [0.15, 0.2) is 5.69 Å². The molecule has 0 bridgehead atoms. The number of rotatable bonds is 2. The summed E-state index contributed by atoms with van der Waals surface area (Å²) < 4.78 is 0.384. The summed E-state index contributed by atoms with van der Waals surface area (Å²) in [4.78, 5) is 4.78. The molecule has 2 heterocycles. The molecule has 2 aromatic carbocycles. The minimum atomic E-state index is 0.384. The molecule has 2 aliphatic rings. The lowest BCUT2D eigenvalue weighted by atomic mass is 10.1. The van der Waals surface area contributed by atoms with Gasteiger partial charge in [-0.25, -0.2) is 4.99 Å². The highest BCUT2D eigenvalue weighted by atomic mass is 32.2. The molecule has 0 radical (unpaired) electrons. The van der Waals surface area contributed by atoms with E-state index in [1.54, 1.807) is 11.8 Å². The number of quaternary nitrogens is 1. The van der Waals surface area contributed by atoms with Crippen LogP contribution in [0.15, 0.2) is 70.8 Å². The Morgan fingerprint density at radius 2 is 1.74 bits per heavy atom. The van der Waals surface area contributed by atoms with E-state index in [1.807, 2.05) is 36.4 Å². The molecule has 0 aromatic heterocycles. The standard InChI is InChI=1S/C17H18N5S/c1-21-20-19-16(14-8-4-2-5-9-14)22(21,17-18-12-13-23-17)15-10-6-3-7-11-15/h2-11,20H,12-13H2,1H3/q+1. The zero-order chi connectivity index (χ0) is 15.7. The van der Waals surface area contributed by atoms with Crippen LogP contribution < -0.4 is 10.1 Å². The Morgan fingerprint density at radius 1 is 1.04 bits per heavy atom. The summed E-state index contributed by atoms with van der Waals surface area (Å²) in [6, 6.07) is 20.7. The van der Waals surface area contributed by atoms with Crippen molar-refractivity contribution in [2.24, 2.45) is 10.1 Å². The van der Waals surface area contributed by atoms with Crippen molar-refractivity contribution in [2.75, 3.05) is 19.3 Å². The van der Waals surface area contributed by atoms with Gasteiger partial charge in [-0.05, 0) is 29.0 Å². The van der Waals surface area contributed by atoms with Crippen molar-refractivity contribution < 1.29 is 0 Å². The van der Waals surface area contributed by atoms with E-state index >= 15 is 0 Å². The van der Waals surface area contributed by atoms with Crippen molar-refractivity contribution >= 4 is 28.5 Å². The first-order valence-electron chi connectivity index (χ1n) is 7.59. The first kappa shape index (κ1) is 14.4. The van der Waals surface area contributed by atoms with Crippen LogP contribution >= 0.6 is 11.8 Å². The van der Waals surface area contributed by atoms with Crippen molar-refractivity contribution in [2.45, 2.75) is 0 Å². The molecule has 5 nitrogen and oxygen atoms in total.